The van der Waals surface area contributed by atoms with Crippen LogP contribution in [0.4, 0.5) is 10.8 Å². The Morgan fingerprint density at radius 1 is 1.28 bits per heavy atom. The van der Waals surface area contributed by atoms with Crippen LogP contribution in [0.15, 0.2) is 54.3 Å². The lowest BCUT2D eigenvalue weighted by Crippen LogP contribution is -2.20. The zero-order valence-electron chi connectivity index (χ0n) is 15.7. The van der Waals surface area contributed by atoms with Gasteiger partial charge < -0.3 is 19.6 Å². The molecule has 1 aromatic carbocycles. The van der Waals surface area contributed by atoms with Crippen molar-refractivity contribution in [3.63, 3.8) is 0 Å². The normalized spacial score (nSPS) is 10.8. The SMILES string of the molecule is CCOc1ccc(-c2cn3cccc(OCC(=O)Nc4nccs4)c3n2)cc1N. The van der Waals surface area contributed by atoms with Gasteiger partial charge in [-0.3, -0.25) is 10.1 Å². The zero-order chi connectivity index (χ0) is 20.2. The third-order valence-electron chi connectivity index (χ3n) is 4.09. The third kappa shape index (κ3) is 4.14. The Labute approximate surface area is 170 Å². The number of imidazole rings is 1. The van der Waals surface area contributed by atoms with E-state index in [-0.39, 0.29) is 12.5 Å². The van der Waals surface area contributed by atoms with Crippen LogP contribution in [0.25, 0.3) is 16.9 Å². The van der Waals surface area contributed by atoms with E-state index in [1.54, 1.807) is 17.6 Å². The molecule has 0 saturated carbocycles. The van der Waals surface area contributed by atoms with E-state index in [9.17, 15) is 4.79 Å². The molecule has 3 heterocycles. The maximum absolute atomic E-state index is 12.0. The summed E-state index contributed by atoms with van der Waals surface area (Å²) in [6.45, 7) is 2.32. The summed E-state index contributed by atoms with van der Waals surface area (Å²) >= 11 is 1.35. The lowest BCUT2D eigenvalue weighted by Gasteiger charge is -2.07. The first-order valence-corrected chi connectivity index (χ1v) is 9.84. The monoisotopic (exact) mass is 409 g/mol. The number of nitrogens with two attached hydrogens (primary N) is 1. The predicted molar refractivity (Wildman–Crippen MR) is 112 cm³/mol. The van der Waals surface area contributed by atoms with Crippen molar-refractivity contribution in [3.8, 4) is 22.8 Å². The smallest absolute Gasteiger partial charge is 0.264 e. The fourth-order valence-electron chi connectivity index (χ4n) is 2.82. The van der Waals surface area contributed by atoms with Crippen LogP contribution in [0.3, 0.4) is 0 Å². The zero-order valence-corrected chi connectivity index (χ0v) is 16.5. The molecule has 0 radical (unpaired) electrons. The maximum Gasteiger partial charge on any atom is 0.264 e. The number of hydrogen-bond acceptors (Lipinski definition) is 7. The van der Waals surface area contributed by atoms with Crippen molar-refractivity contribution in [1.29, 1.82) is 0 Å². The van der Waals surface area contributed by atoms with E-state index in [2.05, 4.69) is 15.3 Å². The van der Waals surface area contributed by atoms with Gasteiger partial charge in [-0.2, -0.15) is 0 Å². The highest BCUT2D eigenvalue weighted by Crippen LogP contribution is 2.30. The highest BCUT2D eigenvalue weighted by atomic mass is 32.1. The van der Waals surface area contributed by atoms with Gasteiger partial charge in [0.2, 0.25) is 0 Å². The molecule has 4 aromatic rings. The van der Waals surface area contributed by atoms with E-state index in [1.807, 2.05) is 48.0 Å². The summed E-state index contributed by atoms with van der Waals surface area (Å²) in [7, 11) is 0. The molecular formula is C20H19N5O3S. The quantitative estimate of drug-likeness (QED) is 0.453. The van der Waals surface area contributed by atoms with Gasteiger partial charge in [0.25, 0.3) is 5.91 Å². The van der Waals surface area contributed by atoms with Crippen molar-refractivity contribution < 1.29 is 14.3 Å². The number of nitrogens with zero attached hydrogens (tertiary/aromatic N) is 3. The van der Waals surface area contributed by atoms with Crippen molar-refractivity contribution in [1.82, 2.24) is 14.4 Å². The number of hydrogen-bond donors (Lipinski definition) is 2. The largest absolute Gasteiger partial charge is 0.492 e. The Morgan fingerprint density at radius 3 is 2.93 bits per heavy atom. The number of aromatic nitrogens is 3. The first kappa shape index (κ1) is 18.8. The van der Waals surface area contributed by atoms with E-state index >= 15 is 0 Å². The summed E-state index contributed by atoms with van der Waals surface area (Å²) in [4.78, 5) is 20.7. The molecule has 0 aliphatic heterocycles. The molecule has 0 fully saturated rings. The van der Waals surface area contributed by atoms with Crippen LogP contribution in [0, 0.1) is 0 Å². The summed E-state index contributed by atoms with van der Waals surface area (Å²) in [6.07, 6.45) is 5.38. The predicted octanol–water partition coefficient (Wildman–Crippen LogP) is 3.46. The van der Waals surface area contributed by atoms with Crippen molar-refractivity contribution >= 4 is 33.7 Å². The van der Waals surface area contributed by atoms with Crippen molar-refractivity contribution in [3.05, 3.63) is 54.3 Å². The van der Waals surface area contributed by atoms with Gasteiger partial charge >= 0.3 is 0 Å². The molecule has 0 bridgehead atoms. The topological polar surface area (TPSA) is 104 Å². The molecule has 0 aliphatic carbocycles. The number of rotatable bonds is 7. The van der Waals surface area contributed by atoms with Gasteiger partial charge in [0.15, 0.2) is 23.1 Å². The fourth-order valence-corrected chi connectivity index (χ4v) is 3.36. The number of pyridine rings is 1. The highest BCUT2D eigenvalue weighted by molar-refractivity contribution is 7.13. The first-order valence-electron chi connectivity index (χ1n) is 8.96. The van der Waals surface area contributed by atoms with Gasteiger partial charge in [-0.1, -0.05) is 0 Å². The van der Waals surface area contributed by atoms with Crippen molar-refractivity contribution in [2.24, 2.45) is 0 Å². The maximum atomic E-state index is 12.0. The Balaban J connectivity index is 1.54. The summed E-state index contributed by atoms with van der Waals surface area (Å²) in [6, 6.07) is 9.17. The van der Waals surface area contributed by atoms with E-state index in [0.29, 0.717) is 34.6 Å². The Hall–Kier alpha value is -3.59. The Kier molecular flexibility index (Phi) is 5.30. The standard InChI is InChI=1S/C20H19N5O3S/c1-2-27-16-6-5-13(10-14(16)21)15-11-25-8-3-4-17(19(25)23-15)28-12-18(26)24-20-22-7-9-29-20/h3-11H,2,12,21H2,1H3,(H,22,24,26). The minimum absolute atomic E-state index is 0.141. The van der Waals surface area contributed by atoms with Crippen LogP contribution in [-0.4, -0.2) is 33.5 Å². The molecule has 8 nitrogen and oxygen atoms in total. The highest BCUT2D eigenvalue weighted by Gasteiger charge is 2.12. The van der Waals surface area contributed by atoms with E-state index in [0.717, 1.165) is 11.3 Å². The van der Waals surface area contributed by atoms with Crippen LogP contribution >= 0.6 is 11.3 Å². The molecule has 0 aliphatic rings. The fraction of sp³-hybridized carbons (Fsp3) is 0.150. The molecule has 29 heavy (non-hydrogen) atoms. The molecule has 0 spiro atoms. The first-order chi connectivity index (χ1) is 14.1. The van der Waals surface area contributed by atoms with Crippen LogP contribution < -0.4 is 20.5 Å². The lowest BCUT2D eigenvalue weighted by atomic mass is 10.1. The van der Waals surface area contributed by atoms with Crippen LogP contribution in [0.1, 0.15) is 6.92 Å². The van der Waals surface area contributed by atoms with Crippen LogP contribution in [0.2, 0.25) is 0 Å². The minimum Gasteiger partial charge on any atom is -0.492 e. The number of carbonyl (C=O) groups is 1. The van der Waals surface area contributed by atoms with Crippen LogP contribution in [-0.2, 0) is 4.79 Å². The molecule has 9 heteroatoms. The number of carbonyl (C=O) groups excluding carboxylic acids is 1. The number of nitrogens with one attached hydrogen (secondary N) is 1. The van der Waals surface area contributed by atoms with Gasteiger partial charge in [-0.15, -0.1) is 11.3 Å². The average molecular weight is 409 g/mol. The second-order valence-electron chi connectivity index (χ2n) is 6.09. The molecule has 3 N–H and O–H groups in total. The van der Waals surface area contributed by atoms with Gasteiger partial charge in [-0.05, 0) is 37.3 Å². The number of ether oxygens (including phenoxy) is 2. The molecular weight excluding hydrogens is 390 g/mol. The molecule has 0 saturated heterocycles. The second kappa shape index (κ2) is 8.19. The molecule has 1 amide bonds. The van der Waals surface area contributed by atoms with Crippen molar-refractivity contribution in [2.45, 2.75) is 6.92 Å². The van der Waals surface area contributed by atoms with Gasteiger partial charge in [0.05, 0.1) is 18.0 Å². The Bertz CT molecular complexity index is 1140. The van der Waals surface area contributed by atoms with E-state index < -0.39 is 0 Å². The van der Waals surface area contributed by atoms with Crippen LogP contribution in [0.5, 0.6) is 11.5 Å². The molecule has 0 unspecified atom stereocenters. The number of fused-ring (bicyclic) bond motifs is 1. The summed E-state index contributed by atoms with van der Waals surface area (Å²) in [5.74, 6) is 0.871. The minimum atomic E-state index is -0.284. The molecule has 0 atom stereocenters. The molecule has 148 valence electrons. The Morgan fingerprint density at radius 2 is 2.17 bits per heavy atom. The third-order valence-corrected chi connectivity index (χ3v) is 4.78. The molecule has 3 aromatic heterocycles. The molecule has 4 rings (SSSR count). The number of amides is 1. The average Bonchev–Trinajstić information content (AvgIpc) is 3.37. The van der Waals surface area contributed by atoms with Gasteiger partial charge in [0.1, 0.15) is 5.75 Å². The van der Waals surface area contributed by atoms with E-state index in [1.165, 1.54) is 11.3 Å². The van der Waals surface area contributed by atoms with E-state index in [4.69, 9.17) is 15.2 Å². The van der Waals surface area contributed by atoms with Gasteiger partial charge in [0, 0.05) is 29.5 Å². The summed E-state index contributed by atoms with van der Waals surface area (Å²) < 4.78 is 13.0. The number of benzene rings is 1. The van der Waals surface area contributed by atoms with Gasteiger partial charge in [-0.25, -0.2) is 9.97 Å². The second-order valence-corrected chi connectivity index (χ2v) is 6.98. The van der Waals surface area contributed by atoms with Crippen molar-refractivity contribution in [2.75, 3.05) is 24.3 Å². The summed E-state index contributed by atoms with van der Waals surface area (Å²) in [5.41, 5.74) is 8.84. The number of thiazole rings is 1. The number of anilines is 2. The lowest BCUT2D eigenvalue weighted by molar-refractivity contribution is -0.118. The summed E-state index contributed by atoms with van der Waals surface area (Å²) in [5, 5.41) is 5.01. The number of nitrogen functional groups attached to an aromatic ring is 1.